The van der Waals surface area contributed by atoms with Crippen LogP contribution < -0.4 is 5.32 Å². The van der Waals surface area contributed by atoms with Gasteiger partial charge >= 0.3 is 0 Å². The van der Waals surface area contributed by atoms with Gasteiger partial charge in [0.25, 0.3) is 0 Å². The fraction of sp³-hybridized carbons (Fsp3) is 0.444. The third-order valence-electron chi connectivity index (χ3n) is 3.61. The third-order valence-corrected chi connectivity index (χ3v) is 3.61. The van der Waals surface area contributed by atoms with E-state index >= 15 is 0 Å². The zero-order valence-electron chi connectivity index (χ0n) is 13.7. The highest BCUT2D eigenvalue weighted by molar-refractivity contribution is 5.75. The molecule has 1 heterocycles. The Bertz CT molecular complexity index is 581. The number of amides is 1. The topological polar surface area (TPSA) is 56.1 Å². The van der Waals surface area contributed by atoms with E-state index in [2.05, 4.69) is 22.5 Å². The Hall–Kier alpha value is -2.14. The Balaban J connectivity index is 1.66. The molecule has 1 aromatic heterocycles. The second-order valence-corrected chi connectivity index (χ2v) is 5.58. The van der Waals surface area contributed by atoms with Crippen LogP contribution in [0.4, 0.5) is 0 Å². The first-order valence-corrected chi connectivity index (χ1v) is 8.09. The van der Waals surface area contributed by atoms with Gasteiger partial charge in [0, 0.05) is 32.9 Å². The Morgan fingerprint density at radius 2 is 2.04 bits per heavy atom. The van der Waals surface area contributed by atoms with Crippen molar-refractivity contribution in [2.45, 2.75) is 32.2 Å². The molecule has 0 fully saturated rings. The van der Waals surface area contributed by atoms with Crippen LogP contribution in [0.25, 0.3) is 0 Å². The number of unbranched alkanes of at least 4 members (excludes halogenated alkanes) is 1. The number of nitrogens with zero attached hydrogens (tertiary/aromatic N) is 2. The Kier molecular flexibility index (Phi) is 7.33. The molecule has 0 aliphatic rings. The van der Waals surface area contributed by atoms with Crippen LogP contribution in [0, 0.1) is 0 Å². The average Bonchev–Trinajstić information content (AvgIpc) is 3.00. The molecule has 0 saturated carbocycles. The van der Waals surface area contributed by atoms with Crippen LogP contribution >= 0.6 is 0 Å². The largest absolute Gasteiger partial charge is 0.385 e. The summed E-state index contributed by atoms with van der Waals surface area (Å²) < 4.78 is 6.89. The summed E-state index contributed by atoms with van der Waals surface area (Å²) in [6, 6.07) is 10.2. The predicted octanol–water partition coefficient (Wildman–Crippen LogP) is 2.41. The fourth-order valence-electron chi connectivity index (χ4n) is 2.36. The van der Waals surface area contributed by atoms with Crippen molar-refractivity contribution in [1.82, 2.24) is 15.1 Å². The van der Waals surface area contributed by atoms with Crippen LogP contribution in [0.5, 0.6) is 0 Å². The molecular weight excluding hydrogens is 290 g/mol. The van der Waals surface area contributed by atoms with Crippen molar-refractivity contribution in [3.63, 3.8) is 0 Å². The van der Waals surface area contributed by atoms with Gasteiger partial charge in [0.1, 0.15) is 0 Å². The summed E-state index contributed by atoms with van der Waals surface area (Å²) >= 11 is 0. The van der Waals surface area contributed by atoms with E-state index in [-0.39, 0.29) is 5.91 Å². The molecule has 0 saturated heterocycles. The van der Waals surface area contributed by atoms with Crippen molar-refractivity contribution >= 4 is 5.91 Å². The van der Waals surface area contributed by atoms with Gasteiger partial charge < -0.3 is 10.1 Å². The Labute approximate surface area is 137 Å². The van der Waals surface area contributed by atoms with Crippen LogP contribution in [-0.4, -0.2) is 35.9 Å². The lowest BCUT2D eigenvalue weighted by Crippen LogP contribution is -2.25. The minimum atomic E-state index is 0.109. The standard InChI is InChI=1S/C18H25N3O2/c1-23-12-6-5-9-18(22)19-11-10-17-13-20-21(15-17)14-16-7-3-2-4-8-16/h2-4,7-8,13,15H,5-6,9-12,14H2,1H3,(H,19,22). The number of hydrogen-bond donors (Lipinski definition) is 1. The normalized spacial score (nSPS) is 10.7. The number of nitrogens with one attached hydrogen (secondary N) is 1. The number of hydrogen-bond acceptors (Lipinski definition) is 3. The molecule has 0 radical (unpaired) electrons. The number of ether oxygens (including phenoxy) is 1. The lowest BCUT2D eigenvalue weighted by molar-refractivity contribution is -0.121. The highest BCUT2D eigenvalue weighted by Crippen LogP contribution is 2.04. The molecule has 2 rings (SSSR count). The SMILES string of the molecule is COCCCCC(=O)NCCc1cnn(Cc2ccccc2)c1. The first-order chi connectivity index (χ1) is 11.3. The molecule has 1 amide bonds. The minimum Gasteiger partial charge on any atom is -0.385 e. The maximum Gasteiger partial charge on any atom is 0.220 e. The number of benzene rings is 1. The summed E-state index contributed by atoms with van der Waals surface area (Å²) in [5.74, 6) is 0.109. The summed E-state index contributed by atoms with van der Waals surface area (Å²) in [7, 11) is 1.68. The first kappa shape index (κ1) is 17.2. The summed E-state index contributed by atoms with van der Waals surface area (Å²) in [5.41, 5.74) is 2.37. The predicted molar refractivity (Wildman–Crippen MR) is 90.2 cm³/mol. The first-order valence-electron chi connectivity index (χ1n) is 8.09. The molecule has 23 heavy (non-hydrogen) atoms. The van der Waals surface area contributed by atoms with Gasteiger partial charge in [-0.15, -0.1) is 0 Å². The number of methoxy groups -OCH3 is 1. The second-order valence-electron chi connectivity index (χ2n) is 5.58. The molecule has 0 bridgehead atoms. The maximum atomic E-state index is 11.7. The highest BCUT2D eigenvalue weighted by Gasteiger charge is 2.03. The van der Waals surface area contributed by atoms with Crippen molar-refractivity contribution < 1.29 is 9.53 Å². The van der Waals surface area contributed by atoms with E-state index in [0.717, 1.165) is 31.4 Å². The van der Waals surface area contributed by atoms with Gasteiger partial charge in [0.05, 0.1) is 12.7 Å². The lowest BCUT2D eigenvalue weighted by atomic mass is 10.2. The molecule has 0 atom stereocenters. The summed E-state index contributed by atoms with van der Waals surface area (Å²) in [5, 5.41) is 7.32. The molecular formula is C18H25N3O2. The molecule has 5 nitrogen and oxygen atoms in total. The zero-order valence-corrected chi connectivity index (χ0v) is 13.7. The monoisotopic (exact) mass is 315 g/mol. The minimum absolute atomic E-state index is 0.109. The van der Waals surface area contributed by atoms with Crippen molar-refractivity contribution in [3.05, 3.63) is 53.9 Å². The number of carbonyl (C=O) groups excluding carboxylic acids is 1. The van der Waals surface area contributed by atoms with Crippen molar-refractivity contribution in [2.75, 3.05) is 20.3 Å². The van der Waals surface area contributed by atoms with Gasteiger partial charge in [-0.05, 0) is 30.4 Å². The molecule has 2 aromatic rings. The van der Waals surface area contributed by atoms with E-state index in [1.807, 2.05) is 35.3 Å². The van der Waals surface area contributed by atoms with E-state index < -0.39 is 0 Å². The zero-order chi connectivity index (χ0) is 16.3. The van der Waals surface area contributed by atoms with Crippen LogP contribution in [-0.2, 0) is 22.5 Å². The Morgan fingerprint density at radius 3 is 2.83 bits per heavy atom. The van der Waals surface area contributed by atoms with E-state index in [9.17, 15) is 4.79 Å². The summed E-state index contributed by atoms with van der Waals surface area (Å²) in [4.78, 5) is 11.7. The molecule has 0 spiro atoms. The van der Waals surface area contributed by atoms with Crippen LogP contribution in [0.3, 0.4) is 0 Å². The fourth-order valence-corrected chi connectivity index (χ4v) is 2.36. The van der Waals surface area contributed by atoms with Crippen molar-refractivity contribution in [1.29, 1.82) is 0 Å². The smallest absolute Gasteiger partial charge is 0.220 e. The number of carbonyl (C=O) groups is 1. The molecule has 1 aromatic carbocycles. The van der Waals surface area contributed by atoms with Gasteiger partial charge in [-0.2, -0.15) is 5.10 Å². The van der Waals surface area contributed by atoms with E-state index in [1.165, 1.54) is 5.56 Å². The number of aromatic nitrogens is 2. The molecule has 0 aliphatic heterocycles. The molecule has 124 valence electrons. The maximum absolute atomic E-state index is 11.7. The summed E-state index contributed by atoms with van der Waals surface area (Å²) in [6.45, 7) is 2.14. The molecule has 1 N–H and O–H groups in total. The van der Waals surface area contributed by atoms with Crippen LogP contribution in [0.2, 0.25) is 0 Å². The van der Waals surface area contributed by atoms with Gasteiger partial charge in [-0.25, -0.2) is 0 Å². The van der Waals surface area contributed by atoms with Crippen LogP contribution in [0.15, 0.2) is 42.7 Å². The summed E-state index contributed by atoms with van der Waals surface area (Å²) in [6.07, 6.45) is 7.07. The molecule has 0 unspecified atom stereocenters. The van der Waals surface area contributed by atoms with Gasteiger partial charge in [-0.3, -0.25) is 9.48 Å². The van der Waals surface area contributed by atoms with Gasteiger partial charge in [-0.1, -0.05) is 30.3 Å². The lowest BCUT2D eigenvalue weighted by Gasteiger charge is -2.04. The van der Waals surface area contributed by atoms with Gasteiger partial charge in [0.15, 0.2) is 0 Å². The molecule has 0 aliphatic carbocycles. The Morgan fingerprint density at radius 1 is 1.22 bits per heavy atom. The quantitative estimate of drug-likeness (QED) is 0.685. The van der Waals surface area contributed by atoms with Crippen LogP contribution in [0.1, 0.15) is 30.4 Å². The average molecular weight is 315 g/mol. The van der Waals surface area contributed by atoms with Crippen molar-refractivity contribution in [3.8, 4) is 0 Å². The van der Waals surface area contributed by atoms with E-state index in [4.69, 9.17) is 4.74 Å². The van der Waals surface area contributed by atoms with E-state index in [1.54, 1.807) is 7.11 Å². The number of rotatable bonds is 10. The third kappa shape index (κ3) is 6.65. The van der Waals surface area contributed by atoms with E-state index in [0.29, 0.717) is 19.6 Å². The highest BCUT2D eigenvalue weighted by atomic mass is 16.5. The van der Waals surface area contributed by atoms with Crippen molar-refractivity contribution in [2.24, 2.45) is 0 Å². The molecule has 5 heteroatoms. The van der Waals surface area contributed by atoms with Gasteiger partial charge in [0.2, 0.25) is 5.91 Å². The second kappa shape index (κ2) is 9.79.